The summed E-state index contributed by atoms with van der Waals surface area (Å²) in [6, 6.07) is 16.4. The molecular formula is C25H25N3O3S. The molecule has 5 rings (SSSR count). The summed E-state index contributed by atoms with van der Waals surface area (Å²) in [6.45, 7) is 4.31. The van der Waals surface area contributed by atoms with Gasteiger partial charge in [0.2, 0.25) is 5.75 Å². The fourth-order valence-corrected chi connectivity index (χ4v) is 5.55. The molecule has 1 aliphatic heterocycles. The van der Waals surface area contributed by atoms with Gasteiger partial charge in [-0.1, -0.05) is 48.5 Å². The van der Waals surface area contributed by atoms with E-state index in [1.54, 1.807) is 9.47 Å². The van der Waals surface area contributed by atoms with Crippen molar-refractivity contribution in [3.8, 4) is 5.75 Å². The molecule has 1 atom stereocenters. The molecular weight excluding hydrogens is 422 g/mol. The fraction of sp³-hybridized carbons (Fsp3) is 0.320. The quantitative estimate of drug-likeness (QED) is 0.465. The Balaban J connectivity index is 1.82. The van der Waals surface area contributed by atoms with Crippen LogP contribution >= 0.6 is 12.6 Å². The van der Waals surface area contributed by atoms with Crippen molar-refractivity contribution in [3.05, 3.63) is 86.8 Å². The molecule has 1 amide bonds. The highest BCUT2D eigenvalue weighted by atomic mass is 32.1. The van der Waals surface area contributed by atoms with Gasteiger partial charge in [-0.3, -0.25) is 9.59 Å². The van der Waals surface area contributed by atoms with Gasteiger partial charge in [-0.15, -0.1) is 12.6 Å². The Morgan fingerprint density at radius 2 is 1.56 bits per heavy atom. The van der Waals surface area contributed by atoms with Crippen molar-refractivity contribution in [2.75, 3.05) is 6.54 Å². The summed E-state index contributed by atoms with van der Waals surface area (Å²) in [5.41, 5.74) is 4.05. The monoisotopic (exact) mass is 447 g/mol. The topological polar surface area (TPSA) is 75.4 Å². The van der Waals surface area contributed by atoms with Crippen molar-refractivity contribution in [2.45, 2.75) is 49.8 Å². The lowest BCUT2D eigenvalue weighted by Crippen LogP contribution is -2.49. The number of thiol groups is 1. The van der Waals surface area contributed by atoms with E-state index >= 15 is 0 Å². The van der Waals surface area contributed by atoms with Gasteiger partial charge in [-0.2, -0.15) is 4.98 Å². The van der Waals surface area contributed by atoms with Crippen LogP contribution in [0.3, 0.4) is 0 Å². The summed E-state index contributed by atoms with van der Waals surface area (Å²) in [6.07, 6.45) is 1.86. The van der Waals surface area contributed by atoms with Crippen LogP contribution in [0.15, 0.2) is 58.5 Å². The molecule has 1 N–H and O–H groups in total. The zero-order valence-electron chi connectivity index (χ0n) is 18.0. The molecule has 2 aromatic carbocycles. The molecule has 1 aliphatic carbocycles. The van der Waals surface area contributed by atoms with Crippen LogP contribution in [0.1, 0.15) is 58.5 Å². The van der Waals surface area contributed by atoms with Crippen molar-refractivity contribution in [3.63, 3.8) is 0 Å². The first kappa shape index (κ1) is 20.8. The average molecular weight is 448 g/mol. The van der Waals surface area contributed by atoms with Gasteiger partial charge in [0.15, 0.2) is 10.9 Å². The summed E-state index contributed by atoms with van der Waals surface area (Å²) < 4.78 is 1.67. The van der Waals surface area contributed by atoms with Crippen molar-refractivity contribution in [1.82, 2.24) is 14.5 Å². The third-order valence-corrected chi connectivity index (χ3v) is 7.03. The van der Waals surface area contributed by atoms with Crippen LogP contribution in [-0.4, -0.2) is 38.1 Å². The number of carbonyl (C=O) groups excluding carboxylic acids is 1. The Hall–Kier alpha value is -3.06. The zero-order valence-corrected chi connectivity index (χ0v) is 18.9. The number of aromatic nitrogens is 2. The predicted octanol–water partition coefficient (Wildman–Crippen LogP) is 3.57. The van der Waals surface area contributed by atoms with Gasteiger partial charge in [-0.05, 0) is 48.9 Å². The van der Waals surface area contributed by atoms with Crippen LogP contribution in [0.25, 0.3) is 0 Å². The molecule has 3 aromatic rings. The maximum Gasteiger partial charge on any atom is 0.316 e. The molecule has 0 spiro atoms. The maximum absolute atomic E-state index is 13.3. The van der Waals surface area contributed by atoms with Crippen LogP contribution in [0.4, 0.5) is 0 Å². The van der Waals surface area contributed by atoms with Crippen molar-refractivity contribution in [1.29, 1.82) is 0 Å². The van der Waals surface area contributed by atoms with Crippen LogP contribution < -0.4 is 5.56 Å². The lowest BCUT2D eigenvalue weighted by molar-refractivity contribution is 0.0573. The number of benzene rings is 2. The van der Waals surface area contributed by atoms with E-state index < -0.39 is 11.3 Å². The highest BCUT2D eigenvalue weighted by Crippen LogP contribution is 2.45. The number of fused-ring (bicyclic) bond motifs is 3. The van der Waals surface area contributed by atoms with E-state index in [1.165, 1.54) is 22.3 Å². The van der Waals surface area contributed by atoms with E-state index in [4.69, 9.17) is 0 Å². The Morgan fingerprint density at radius 1 is 1.00 bits per heavy atom. The Bertz CT molecular complexity index is 1240. The third kappa shape index (κ3) is 3.14. The van der Waals surface area contributed by atoms with Crippen LogP contribution in [0, 0.1) is 0 Å². The largest absolute Gasteiger partial charge is 0.501 e. The van der Waals surface area contributed by atoms with Gasteiger partial charge in [0.25, 0.3) is 5.91 Å². The number of rotatable bonds is 2. The molecule has 6 nitrogen and oxygen atoms in total. The van der Waals surface area contributed by atoms with Gasteiger partial charge >= 0.3 is 5.56 Å². The third-order valence-electron chi connectivity index (χ3n) is 6.72. The summed E-state index contributed by atoms with van der Waals surface area (Å²) in [5, 5.41) is 10.8. The molecule has 0 bridgehead atoms. The van der Waals surface area contributed by atoms with E-state index in [2.05, 4.69) is 54.0 Å². The van der Waals surface area contributed by atoms with Gasteiger partial charge < -0.3 is 14.6 Å². The minimum Gasteiger partial charge on any atom is -0.501 e. The van der Waals surface area contributed by atoms with Gasteiger partial charge in [0.1, 0.15) is 0 Å². The second-order valence-corrected chi connectivity index (χ2v) is 9.18. The number of aryl methyl sites for hydroxylation is 2. The minimum absolute atomic E-state index is 0.0286. The molecule has 1 aromatic heterocycles. The van der Waals surface area contributed by atoms with E-state index in [1.807, 2.05) is 26.0 Å². The fourth-order valence-electron chi connectivity index (χ4n) is 5.22. The molecule has 7 heteroatoms. The standard InChI is InChI=1S/C25H25N3O3S/c1-14(2)27-13-19(28-21(24(27)31)22(29)23(30)26-25(28)32)20-17-9-5-3-7-15(17)11-12-16-8-4-6-10-18(16)20/h3-10,14,19-20,29H,11-13H2,1-2H3,(H,26,30,32). The van der Waals surface area contributed by atoms with Gasteiger partial charge in [0.05, 0.1) is 6.04 Å². The molecule has 2 heterocycles. The smallest absolute Gasteiger partial charge is 0.316 e. The molecule has 2 aliphatic rings. The molecule has 0 saturated heterocycles. The summed E-state index contributed by atoms with van der Waals surface area (Å²) in [4.78, 5) is 31.2. The van der Waals surface area contributed by atoms with E-state index in [0.717, 1.165) is 12.8 Å². The Morgan fingerprint density at radius 3 is 2.12 bits per heavy atom. The molecule has 164 valence electrons. The normalized spacial score (nSPS) is 18.2. The molecule has 0 radical (unpaired) electrons. The summed E-state index contributed by atoms with van der Waals surface area (Å²) in [5.74, 6) is -1.08. The first-order valence-electron chi connectivity index (χ1n) is 10.9. The molecule has 1 unspecified atom stereocenters. The van der Waals surface area contributed by atoms with Crippen LogP contribution in [0.5, 0.6) is 5.75 Å². The van der Waals surface area contributed by atoms with Gasteiger partial charge in [-0.25, -0.2) is 0 Å². The second kappa shape index (κ2) is 7.81. The highest BCUT2D eigenvalue weighted by molar-refractivity contribution is 7.80. The lowest BCUT2D eigenvalue weighted by atomic mass is 9.81. The maximum atomic E-state index is 13.3. The number of hydrogen-bond acceptors (Lipinski definition) is 5. The zero-order chi connectivity index (χ0) is 22.6. The first-order valence-corrected chi connectivity index (χ1v) is 11.3. The summed E-state index contributed by atoms with van der Waals surface area (Å²) in [7, 11) is 0. The lowest BCUT2D eigenvalue weighted by Gasteiger charge is -2.42. The Kier molecular flexibility index (Phi) is 5.08. The molecule has 32 heavy (non-hydrogen) atoms. The van der Waals surface area contributed by atoms with E-state index in [0.29, 0.717) is 6.54 Å². The van der Waals surface area contributed by atoms with Crippen LogP contribution in [0.2, 0.25) is 0 Å². The Labute approximate surface area is 191 Å². The number of nitrogens with zero attached hydrogens (tertiary/aromatic N) is 3. The SMILES string of the molecule is CC(C)N1CC(C2c3ccccc3CCc3ccccc32)n2c(S)nc(=O)c(O)c2C1=O. The average Bonchev–Trinajstić information content (AvgIpc) is 2.94. The second-order valence-electron chi connectivity index (χ2n) is 8.78. The molecule has 0 saturated carbocycles. The van der Waals surface area contributed by atoms with Crippen molar-refractivity contribution >= 4 is 18.5 Å². The molecule has 0 fully saturated rings. The van der Waals surface area contributed by atoms with Crippen LogP contribution in [-0.2, 0) is 12.8 Å². The van der Waals surface area contributed by atoms with E-state index in [9.17, 15) is 14.7 Å². The number of hydrogen-bond donors (Lipinski definition) is 2. The van der Waals surface area contributed by atoms with E-state index in [-0.39, 0.29) is 34.8 Å². The number of carbonyl (C=O) groups is 1. The van der Waals surface area contributed by atoms with Crippen molar-refractivity contribution in [2.24, 2.45) is 0 Å². The number of amides is 1. The van der Waals surface area contributed by atoms with Crippen molar-refractivity contribution < 1.29 is 9.90 Å². The summed E-state index contributed by atoms with van der Waals surface area (Å²) >= 11 is 4.49. The predicted molar refractivity (Wildman–Crippen MR) is 125 cm³/mol. The minimum atomic E-state index is -0.833. The van der Waals surface area contributed by atoms with Gasteiger partial charge in [0, 0.05) is 18.5 Å². The first-order chi connectivity index (χ1) is 15.4. The number of aromatic hydroxyl groups is 1. The highest BCUT2D eigenvalue weighted by Gasteiger charge is 2.42.